The SMILES string of the molecule is Clc1cc(Nc2ccccc2Br)nc(C2CC2)n1. The molecule has 1 aliphatic rings. The number of anilines is 2. The molecule has 0 amide bonds. The van der Waals surface area contributed by atoms with Crippen LogP contribution in [0.1, 0.15) is 24.6 Å². The molecule has 0 bridgehead atoms. The molecule has 0 saturated heterocycles. The number of nitrogens with one attached hydrogen (secondary N) is 1. The minimum Gasteiger partial charge on any atom is -0.339 e. The first kappa shape index (κ1) is 11.9. The van der Waals surface area contributed by atoms with Crippen LogP contribution >= 0.6 is 27.5 Å². The van der Waals surface area contributed by atoms with Crippen molar-refractivity contribution in [3.63, 3.8) is 0 Å². The highest BCUT2D eigenvalue weighted by molar-refractivity contribution is 9.10. The van der Waals surface area contributed by atoms with Gasteiger partial charge in [-0.2, -0.15) is 0 Å². The summed E-state index contributed by atoms with van der Waals surface area (Å²) in [7, 11) is 0. The monoisotopic (exact) mass is 323 g/mol. The Morgan fingerprint density at radius 1 is 1.22 bits per heavy atom. The first-order chi connectivity index (χ1) is 8.72. The van der Waals surface area contributed by atoms with Gasteiger partial charge in [0.05, 0.1) is 5.69 Å². The van der Waals surface area contributed by atoms with E-state index in [1.165, 1.54) is 0 Å². The molecule has 1 N–H and O–H groups in total. The Kier molecular flexibility index (Phi) is 3.22. The molecule has 3 nitrogen and oxygen atoms in total. The van der Waals surface area contributed by atoms with Crippen molar-refractivity contribution in [2.75, 3.05) is 5.32 Å². The maximum absolute atomic E-state index is 6.03. The van der Waals surface area contributed by atoms with Gasteiger partial charge < -0.3 is 5.32 Å². The summed E-state index contributed by atoms with van der Waals surface area (Å²) in [5.41, 5.74) is 0.967. The highest BCUT2D eigenvalue weighted by Crippen LogP contribution is 2.39. The Hall–Kier alpha value is -1.13. The molecule has 18 heavy (non-hydrogen) atoms. The van der Waals surface area contributed by atoms with Crippen LogP contribution in [0.15, 0.2) is 34.8 Å². The number of para-hydroxylation sites is 1. The smallest absolute Gasteiger partial charge is 0.135 e. The van der Waals surface area contributed by atoms with Crippen LogP contribution in [-0.2, 0) is 0 Å². The molecule has 1 fully saturated rings. The number of hydrogen-bond donors (Lipinski definition) is 1. The van der Waals surface area contributed by atoms with Gasteiger partial charge in [-0.15, -0.1) is 0 Å². The second kappa shape index (κ2) is 4.86. The molecular formula is C13H11BrClN3. The van der Waals surface area contributed by atoms with Crippen LogP contribution in [0.4, 0.5) is 11.5 Å². The molecule has 0 spiro atoms. The minimum absolute atomic E-state index is 0.487. The number of benzene rings is 1. The molecule has 2 aromatic rings. The summed E-state index contributed by atoms with van der Waals surface area (Å²) in [6, 6.07) is 9.65. The van der Waals surface area contributed by atoms with Crippen LogP contribution in [0.2, 0.25) is 5.15 Å². The van der Waals surface area contributed by atoms with Gasteiger partial charge in [-0.25, -0.2) is 9.97 Å². The topological polar surface area (TPSA) is 37.8 Å². The van der Waals surface area contributed by atoms with Gasteiger partial charge in [-0.1, -0.05) is 23.7 Å². The Labute approximate surface area is 119 Å². The van der Waals surface area contributed by atoms with Crippen LogP contribution in [0.5, 0.6) is 0 Å². The quantitative estimate of drug-likeness (QED) is 0.844. The maximum atomic E-state index is 6.03. The Bertz CT molecular complexity index is 584. The maximum Gasteiger partial charge on any atom is 0.135 e. The molecule has 0 radical (unpaired) electrons. The van der Waals surface area contributed by atoms with Crippen LogP contribution in [-0.4, -0.2) is 9.97 Å². The van der Waals surface area contributed by atoms with Crippen molar-refractivity contribution in [2.24, 2.45) is 0 Å². The Balaban J connectivity index is 1.90. The molecule has 0 aliphatic heterocycles. The fourth-order valence-corrected chi connectivity index (χ4v) is 2.30. The van der Waals surface area contributed by atoms with Gasteiger partial charge in [0.15, 0.2) is 0 Å². The molecule has 1 aromatic heterocycles. The van der Waals surface area contributed by atoms with E-state index in [0.717, 1.165) is 34.6 Å². The molecule has 1 heterocycles. The number of halogens is 2. The summed E-state index contributed by atoms with van der Waals surface area (Å²) in [5.74, 6) is 2.07. The highest BCUT2D eigenvalue weighted by atomic mass is 79.9. The van der Waals surface area contributed by atoms with Crippen molar-refractivity contribution in [3.8, 4) is 0 Å². The van der Waals surface area contributed by atoms with Gasteiger partial charge in [-0.3, -0.25) is 0 Å². The highest BCUT2D eigenvalue weighted by Gasteiger charge is 2.27. The predicted octanol–water partition coefficient (Wildman–Crippen LogP) is 4.51. The zero-order valence-electron chi connectivity index (χ0n) is 9.53. The lowest BCUT2D eigenvalue weighted by atomic mass is 10.3. The minimum atomic E-state index is 0.487. The number of aromatic nitrogens is 2. The van der Waals surface area contributed by atoms with Crippen LogP contribution in [0, 0.1) is 0 Å². The van der Waals surface area contributed by atoms with E-state index in [4.69, 9.17) is 11.6 Å². The zero-order chi connectivity index (χ0) is 12.5. The normalized spacial score (nSPS) is 14.6. The van der Waals surface area contributed by atoms with Crippen molar-refractivity contribution in [3.05, 3.63) is 45.8 Å². The molecule has 1 saturated carbocycles. The van der Waals surface area contributed by atoms with E-state index in [1.54, 1.807) is 6.07 Å². The van der Waals surface area contributed by atoms with Crippen molar-refractivity contribution < 1.29 is 0 Å². The average Bonchev–Trinajstić information content (AvgIpc) is 3.15. The van der Waals surface area contributed by atoms with Gasteiger partial charge in [-0.05, 0) is 40.9 Å². The Morgan fingerprint density at radius 2 is 2.00 bits per heavy atom. The van der Waals surface area contributed by atoms with Crippen molar-refractivity contribution in [1.82, 2.24) is 9.97 Å². The summed E-state index contributed by atoms with van der Waals surface area (Å²) in [6.07, 6.45) is 2.32. The second-order valence-electron chi connectivity index (χ2n) is 4.31. The van der Waals surface area contributed by atoms with Crippen molar-refractivity contribution in [2.45, 2.75) is 18.8 Å². The first-order valence-electron chi connectivity index (χ1n) is 5.78. The third-order valence-corrected chi connectivity index (χ3v) is 3.68. The van der Waals surface area contributed by atoms with E-state index in [-0.39, 0.29) is 0 Å². The summed E-state index contributed by atoms with van der Waals surface area (Å²) < 4.78 is 0.993. The third-order valence-electron chi connectivity index (χ3n) is 2.79. The van der Waals surface area contributed by atoms with Crippen molar-refractivity contribution >= 4 is 39.0 Å². The molecule has 0 unspecified atom stereocenters. The molecular weight excluding hydrogens is 314 g/mol. The fraction of sp³-hybridized carbons (Fsp3) is 0.231. The summed E-state index contributed by atoms with van der Waals surface area (Å²) in [5, 5.41) is 3.74. The van der Waals surface area contributed by atoms with E-state index < -0.39 is 0 Å². The third kappa shape index (κ3) is 2.65. The number of hydrogen-bond acceptors (Lipinski definition) is 3. The Morgan fingerprint density at radius 3 is 2.72 bits per heavy atom. The van der Waals surface area contributed by atoms with Crippen LogP contribution in [0.3, 0.4) is 0 Å². The van der Waals surface area contributed by atoms with Gasteiger partial charge in [0.2, 0.25) is 0 Å². The van der Waals surface area contributed by atoms with Crippen molar-refractivity contribution in [1.29, 1.82) is 0 Å². The standard InChI is InChI=1S/C13H11BrClN3/c14-9-3-1-2-4-10(9)16-12-7-11(15)17-13(18-12)8-5-6-8/h1-4,7-8H,5-6H2,(H,16,17,18). The lowest BCUT2D eigenvalue weighted by Crippen LogP contribution is -1.99. The van der Waals surface area contributed by atoms with Crippen LogP contribution < -0.4 is 5.32 Å². The number of rotatable bonds is 3. The summed E-state index contributed by atoms with van der Waals surface area (Å²) in [6.45, 7) is 0. The zero-order valence-corrected chi connectivity index (χ0v) is 11.9. The molecule has 1 aromatic carbocycles. The average molecular weight is 325 g/mol. The van der Waals surface area contributed by atoms with E-state index in [0.29, 0.717) is 11.1 Å². The van der Waals surface area contributed by atoms with E-state index in [1.807, 2.05) is 24.3 Å². The van der Waals surface area contributed by atoms with Gasteiger partial charge in [0, 0.05) is 16.5 Å². The van der Waals surface area contributed by atoms with Gasteiger partial charge in [0.1, 0.15) is 16.8 Å². The van der Waals surface area contributed by atoms with Gasteiger partial charge >= 0.3 is 0 Å². The molecule has 0 atom stereocenters. The first-order valence-corrected chi connectivity index (χ1v) is 6.95. The largest absolute Gasteiger partial charge is 0.339 e. The van der Waals surface area contributed by atoms with E-state index in [2.05, 4.69) is 31.2 Å². The van der Waals surface area contributed by atoms with E-state index >= 15 is 0 Å². The van der Waals surface area contributed by atoms with Gasteiger partial charge in [0.25, 0.3) is 0 Å². The molecule has 3 rings (SSSR count). The lowest BCUT2D eigenvalue weighted by molar-refractivity contribution is 0.930. The van der Waals surface area contributed by atoms with Crippen LogP contribution in [0.25, 0.3) is 0 Å². The molecule has 1 aliphatic carbocycles. The summed E-state index contributed by atoms with van der Waals surface area (Å²) >= 11 is 9.52. The molecule has 92 valence electrons. The molecule has 5 heteroatoms. The lowest BCUT2D eigenvalue weighted by Gasteiger charge is -2.09. The fourth-order valence-electron chi connectivity index (χ4n) is 1.72. The van der Waals surface area contributed by atoms with E-state index in [9.17, 15) is 0 Å². The summed E-state index contributed by atoms with van der Waals surface area (Å²) in [4.78, 5) is 8.77. The number of nitrogens with zero attached hydrogens (tertiary/aromatic N) is 2. The second-order valence-corrected chi connectivity index (χ2v) is 5.55. The predicted molar refractivity (Wildman–Crippen MR) is 76.4 cm³/mol.